The smallest absolute Gasteiger partial charge is 0.166 e. The maximum absolute atomic E-state index is 10.1. The molecule has 1 saturated heterocycles. The van der Waals surface area contributed by atoms with Crippen LogP contribution >= 0.6 is 0 Å². The number of β-amino-alcohol motifs (C(OH)–C–C–N with tert-alkyl or cyclic N) is 1. The maximum Gasteiger partial charge on any atom is 0.166 e. The number of aliphatic hydroxyl groups excluding tert-OH is 1. The minimum atomic E-state index is -0.447. The number of likely N-dealkylation sites (tertiary alicyclic amines) is 1. The molecule has 1 aromatic rings. The lowest BCUT2D eigenvalue weighted by molar-refractivity contribution is 0.0183. The lowest BCUT2D eigenvalue weighted by Gasteiger charge is -2.30. The Morgan fingerprint density at radius 3 is 3.09 bits per heavy atom. The van der Waals surface area contributed by atoms with Crippen molar-refractivity contribution in [1.82, 2.24) is 4.90 Å². The summed E-state index contributed by atoms with van der Waals surface area (Å²) >= 11 is 0. The van der Waals surface area contributed by atoms with E-state index in [9.17, 15) is 5.11 Å². The molecule has 1 aromatic carbocycles. The SMILES string of the molecule is CCOCC(O)CN1CCCC1c1cccc2c1OCCO2. The average Bonchev–Trinajstić information content (AvgIpc) is 3.00. The molecular weight excluding hydrogens is 282 g/mol. The average molecular weight is 307 g/mol. The molecule has 1 N–H and O–H groups in total. The molecule has 2 aliphatic rings. The van der Waals surface area contributed by atoms with Gasteiger partial charge in [-0.2, -0.15) is 0 Å². The molecular formula is C17H25NO4. The molecule has 0 radical (unpaired) electrons. The van der Waals surface area contributed by atoms with E-state index in [0.717, 1.165) is 30.9 Å². The van der Waals surface area contributed by atoms with Gasteiger partial charge in [-0.1, -0.05) is 12.1 Å². The molecule has 122 valence electrons. The van der Waals surface area contributed by atoms with Crippen molar-refractivity contribution in [2.24, 2.45) is 0 Å². The Morgan fingerprint density at radius 2 is 2.23 bits per heavy atom. The van der Waals surface area contributed by atoms with Crippen LogP contribution in [0.2, 0.25) is 0 Å². The lowest BCUT2D eigenvalue weighted by Crippen LogP contribution is -2.35. The Morgan fingerprint density at radius 1 is 1.36 bits per heavy atom. The molecule has 2 aliphatic heterocycles. The first-order chi connectivity index (χ1) is 10.8. The molecule has 0 saturated carbocycles. The van der Waals surface area contributed by atoms with Crippen LogP contribution in [0, 0.1) is 0 Å². The molecule has 2 atom stereocenters. The second-order valence-electron chi connectivity index (χ2n) is 5.84. The first-order valence-electron chi connectivity index (χ1n) is 8.18. The maximum atomic E-state index is 10.1. The third-order valence-corrected chi connectivity index (χ3v) is 4.28. The summed E-state index contributed by atoms with van der Waals surface area (Å²) in [5, 5.41) is 10.1. The van der Waals surface area contributed by atoms with E-state index in [2.05, 4.69) is 11.0 Å². The van der Waals surface area contributed by atoms with E-state index in [1.807, 2.05) is 19.1 Å². The molecule has 0 amide bonds. The number of para-hydroxylation sites is 1. The highest BCUT2D eigenvalue weighted by molar-refractivity contribution is 5.49. The number of fused-ring (bicyclic) bond motifs is 1. The number of hydrogen-bond acceptors (Lipinski definition) is 5. The molecule has 5 heteroatoms. The van der Waals surface area contributed by atoms with E-state index >= 15 is 0 Å². The fourth-order valence-corrected chi connectivity index (χ4v) is 3.33. The van der Waals surface area contributed by atoms with Gasteiger partial charge in [-0.25, -0.2) is 0 Å². The van der Waals surface area contributed by atoms with E-state index in [0.29, 0.717) is 33.0 Å². The largest absolute Gasteiger partial charge is 0.486 e. The molecule has 2 unspecified atom stereocenters. The predicted molar refractivity (Wildman–Crippen MR) is 83.5 cm³/mol. The van der Waals surface area contributed by atoms with Crippen molar-refractivity contribution in [1.29, 1.82) is 0 Å². The number of aliphatic hydroxyl groups is 1. The van der Waals surface area contributed by atoms with Crippen LogP contribution in [-0.4, -0.2) is 55.6 Å². The van der Waals surface area contributed by atoms with Crippen LogP contribution in [0.1, 0.15) is 31.4 Å². The summed E-state index contributed by atoms with van der Waals surface area (Å²) in [5.41, 5.74) is 1.18. The molecule has 0 aromatic heterocycles. The third kappa shape index (κ3) is 3.37. The summed E-state index contributed by atoms with van der Waals surface area (Å²) in [7, 11) is 0. The normalized spacial score (nSPS) is 22.7. The van der Waals surface area contributed by atoms with Crippen molar-refractivity contribution in [3.8, 4) is 11.5 Å². The molecule has 1 fully saturated rings. The molecule has 5 nitrogen and oxygen atoms in total. The summed E-state index contributed by atoms with van der Waals surface area (Å²) in [6, 6.07) is 6.38. The second kappa shape index (κ2) is 7.31. The van der Waals surface area contributed by atoms with Gasteiger partial charge in [-0.3, -0.25) is 4.90 Å². The molecule has 0 spiro atoms. The zero-order chi connectivity index (χ0) is 15.4. The van der Waals surface area contributed by atoms with E-state index in [4.69, 9.17) is 14.2 Å². The van der Waals surface area contributed by atoms with E-state index in [-0.39, 0.29) is 6.04 Å². The summed E-state index contributed by atoms with van der Waals surface area (Å²) in [5.74, 6) is 1.72. The van der Waals surface area contributed by atoms with Crippen LogP contribution in [0.4, 0.5) is 0 Å². The van der Waals surface area contributed by atoms with Gasteiger partial charge in [0.15, 0.2) is 11.5 Å². The number of hydrogen-bond donors (Lipinski definition) is 1. The molecule has 0 bridgehead atoms. The van der Waals surface area contributed by atoms with E-state index < -0.39 is 6.10 Å². The van der Waals surface area contributed by atoms with Crippen molar-refractivity contribution < 1.29 is 19.3 Å². The zero-order valence-corrected chi connectivity index (χ0v) is 13.2. The van der Waals surface area contributed by atoms with Gasteiger partial charge in [0, 0.05) is 24.8 Å². The van der Waals surface area contributed by atoms with Gasteiger partial charge in [-0.15, -0.1) is 0 Å². The summed E-state index contributed by atoms with van der Waals surface area (Å²) < 4.78 is 16.8. The summed E-state index contributed by atoms with van der Waals surface area (Å²) in [4.78, 5) is 2.33. The third-order valence-electron chi connectivity index (χ3n) is 4.28. The fourth-order valence-electron chi connectivity index (χ4n) is 3.33. The van der Waals surface area contributed by atoms with Crippen LogP contribution in [0.5, 0.6) is 11.5 Å². The topological polar surface area (TPSA) is 51.2 Å². The Balaban J connectivity index is 1.73. The lowest BCUT2D eigenvalue weighted by atomic mass is 10.0. The van der Waals surface area contributed by atoms with Gasteiger partial charge in [0.1, 0.15) is 13.2 Å². The van der Waals surface area contributed by atoms with Gasteiger partial charge < -0.3 is 19.3 Å². The van der Waals surface area contributed by atoms with Crippen LogP contribution in [-0.2, 0) is 4.74 Å². The molecule has 0 aliphatic carbocycles. The van der Waals surface area contributed by atoms with Gasteiger partial charge in [-0.05, 0) is 32.4 Å². The quantitative estimate of drug-likeness (QED) is 0.871. The first kappa shape index (κ1) is 15.6. The molecule has 22 heavy (non-hydrogen) atoms. The van der Waals surface area contributed by atoms with Crippen molar-refractivity contribution >= 4 is 0 Å². The van der Waals surface area contributed by atoms with Crippen LogP contribution in [0.25, 0.3) is 0 Å². The monoisotopic (exact) mass is 307 g/mol. The molecule has 2 heterocycles. The minimum Gasteiger partial charge on any atom is -0.486 e. The highest BCUT2D eigenvalue weighted by Gasteiger charge is 2.31. The van der Waals surface area contributed by atoms with Crippen molar-refractivity contribution in [3.05, 3.63) is 23.8 Å². The highest BCUT2D eigenvalue weighted by atomic mass is 16.6. The van der Waals surface area contributed by atoms with Crippen molar-refractivity contribution in [2.45, 2.75) is 31.9 Å². The van der Waals surface area contributed by atoms with Crippen LogP contribution in [0.3, 0.4) is 0 Å². The summed E-state index contributed by atoms with van der Waals surface area (Å²) in [6.45, 7) is 5.82. The second-order valence-corrected chi connectivity index (χ2v) is 5.84. The number of nitrogens with zero attached hydrogens (tertiary/aromatic N) is 1. The Kier molecular flexibility index (Phi) is 5.18. The summed E-state index contributed by atoms with van der Waals surface area (Å²) in [6.07, 6.45) is 1.77. The van der Waals surface area contributed by atoms with E-state index in [1.165, 1.54) is 5.56 Å². The fraction of sp³-hybridized carbons (Fsp3) is 0.647. The van der Waals surface area contributed by atoms with Crippen molar-refractivity contribution in [2.75, 3.05) is 39.5 Å². The molecule has 3 rings (SSSR count). The van der Waals surface area contributed by atoms with Gasteiger partial charge in [0.2, 0.25) is 0 Å². The van der Waals surface area contributed by atoms with Crippen molar-refractivity contribution in [3.63, 3.8) is 0 Å². The van der Waals surface area contributed by atoms with Crippen LogP contribution in [0.15, 0.2) is 18.2 Å². The van der Waals surface area contributed by atoms with Gasteiger partial charge in [0.05, 0.1) is 12.7 Å². The zero-order valence-electron chi connectivity index (χ0n) is 13.2. The van der Waals surface area contributed by atoms with E-state index in [1.54, 1.807) is 0 Å². The number of benzene rings is 1. The van der Waals surface area contributed by atoms with Gasteiger partial charge >= 0.3 is 0 Å². The standard InChI is InChI=1S/C17H25NO4/c1-2-20-12-13(19)11-18-8-4-6-15(18)14-5-3-7-16-17(14)22-10-9-21-16/h3,5,7,13,15,19H,2,4,6,8-12H2,1H3. The Hall–Kier alpha value is -1.30. The minimum absolute atomic E-state index is 0.285. The Bertz CT molecular complexity index is 494. The number of rotatable bonds is 6. The number of ether oxygens (including phenoxy) is 3. The Labute approximate surface area is 131 Å². The highest BCUT2D eigenvalue weighted by Crippen LogP contribution is 2.42. The van der Waals surface area contributed by atoms with Gasteiger partial charge in [0.25, 0.3) is 0 Å². The predicted octanol–water partition coefficient (Wildman–Crippen LogP) is 1.99. The first-order valence-corrected chi connectivity index (χ1v) is 8.18. The van der Waals surface area contributed by atoms with Crippen LogP contribution < -0.4 is 9.47 Å².